The van der Waals surface area contributed by atoms with Crippen molar-refractivity contribution in [1.82, 2.24) is 5.32 Å². The van der Waals surface area contributed by atoms with E-state index in [9.17, 15) is 0 Å². The Morgan fingerprint density at radius 1 is 1.32 bits per heavy atom. The third-order valence-corrected chi connectivity index (χ3v) is 4.13. The number of nitrogens with two attached hydrogens (primary N) is 1. The molecule has 0 bridgehead atoms. The first-order valence-corrected chi connectivity index (χ1v) is 7.22. The lowest BCUT2D eigenvalue weighted by Gasteiger charge is -2.24. The first-order chi connectivity index (χ1) is 9.04. The minimum atomic E-state index is 0.0749. The molecular formula is C16H26N2O. The van der Waals surface area contributed by atoms with E-state index >= 15 is 0 Å². The van der Waals surface area contributed by atoms with E-state index < -0.39 is 0 Å². The summed E-state index contributed by atoms with van der Waals surface area (Å²) in [6.07, 6.45) is 2.40. The maximum atomic E-state index is 6.46. The first-order valence-electron chi connectivity index (χ1n) is 7.22. The van der Waals surface area contributed by atoms with Crippen LogP contribution in [-0.4, -0.2) is 19.7 Å². The Bertz CT molecular complexity index is 437. The lowest BCUT2D eigenvalue weighted by molar-refractivity contribution is 0.406. The largest absolute Gasteiger partial charge is 0.496 e. The predicted molar refractivity (Wildman–Crippen MR) is 79.8 cm³/mol. The van der Waals surface area contributed by atoms with Gasteiger partial charge in [-0.3, -0.25) is 0 Å². The van der Waals surface area contributed by atoms with E-state index in [0.29, 0.717) is 12.0 Å². The van der Waals surface area contributed by atoms with E-state index in [-0.39, 0.29) is 6.04 Å². The fourth-order valence-corrected chi connectivity index (χ4v) is 2.94. The molecule has 2 atom stereocenters. The summed E-state index contributed by atoms with van der Waals surface area (Å²) in [5.41, 5.74) is 10.2. The van der Waals surface area contributed by atoms with E-state index in [1.54, 1.807) is 7.11 Å². The molecule has 3 heteroatoms. The smallest absolute Gasteiger partial charge is 0.122 e. The molecule has 1 heterocycles. The van der Waals surface area contributed by atoms with Crippen LogP contribution in [0.1, 0.15) is 55.3 Å². The second-order valence-electron chi connectivity index (χ2n) is 5.83. The van der Waals surface area contributed by atoms with E-state index in [1.807, 2.05) is 0 Å². The number of benzene rings is 1. The normalized spacial score (nSPS) is 20.8. The van der Waals surface area contributed by atoms with Crippen LogP contribution in [0.3, 0.4) is 0 Å². The molecule has 1 aromatic carbocycles. The standard InChI is InChI=1S/C16H26N2O/c1-10(2)12-9-13(11(3)8-15(12)19-4)16(17)14-6-5-7-18-14/h8-10,14,16,18H,5-7,17H2,1-4H3. The third-order valence-electron chi connectivity index (χ3n) is 4.13. The molecule has 0 radical (unpaired) electrons. The summed E-state index contributed by atoms with van der Waals surface area (Å²) in [7, 11) is 1.73. The zero-order valence-corrected chi connectivity index (χ0v) is 12.5. The Morgan fingerprint density at radius 3 is 2.58 bits per heavy atom. The summed E-state index contributed by atoms with van der Waals surface area (Å²) in [6.45, 7) is 7.59. The molecular weight excluding hydrogens is 236 g/mol. The Kier molecular flexibility index (Phi) is 4.48. The van der Waals surface area contributed by atoms with Crippen LogP contribution >= 0.6 is 0 Å². The van der Waals surface area contributed by atoms with Crippen molar-refractivity contribution in [2.75, 3.05) is 13.7 Å². The Hall–Kier alpha value is -1.06. The van der Waals surface area contributed by atoms with E-state index in [0.717, 1.165) is 12.3 Å². The van der Waals surface area contributed by atoms with Crippen LogP contribution in [0, 0.1) is 6.92 Å². The summed E-state index contributed by atoms with van der Waals surface area (Å²) in [5.74, 6) is 1.42. The summed E-state index contributed by atoms with van der Waals surface area (Å²) in [6, 6.07) is 4.85. The molecule has 3 N–H and O–H groups in total. The van der Waals surface area contributed by atoms with Gasteiger partial charge < -0.3 is 15.8 Å². The van der Waals surface area contributed by atoms with Crippen molar-refractivity contribution in [3.63, 3.8) is 0 Å². The van der Waals surface area contributed by atoms with Gasteiger partial charge in [-0.15, -0.1) is 0 Å². The number of hydrogen-bond donors (Lipinski definition) is 2. The van der Waals surface area contributed by atoms with Gasteiger partial charge in [-0.2, -0.15) is 0 Å². The highest BCUT2D eigenvalue weighted by Gasteiger charge is 2.25. The molecule has 0 spiro atoms. The van der Waals surface area contributed by atoms with Crippen molar-refractivity contribution >= 4 is 0 Å². The quantitative estimate of drug-likeness (QED) is 0.877. The van der Waals surface area contributed by atoms with Gasteiger partial charge in [-0.1, -0.05) is 13.8 Å². The van der Waals surface area contributed by atoms with Gasteiger partial charge in [0.2, 0.25) is 0 Å². The number of nitrogens with one attached hydrogen (secondary N) is 1. The number of rotatable bonds is 4. The molecule has 0 amide bonds. The van der Waals surface area contributed by atoms with Crippen LogP contribution in [0.15, 0.2) is 12.1 Å². The van der Waals surface area contributed by atoms with Crippen LogP contribution in [0.25, 0.3) is 0 Å². The number of methoxy groups -OCH3 is 1. The number of ether oxygens (including phenoxy) is 1. The fraction of sp³-hybridized carbons (Fsp3) is 0.625. The van der Waals surface area contributed by atoms with Gasteiger partial charge >= 0.3 is 0 Å². The molecule has 1 saturated heterocycles. The van der Waals surface area contributed by atoms with Gasteiger partial charge in [0.05, 0.1) is 7.11 Å². The van der Waals surface area contributed by atoms with E-state index in [1.165, 1.54) is 29.5 Å². The molecule has 1 aliphatic heterocycles. The Balaban J connectivity index is 2.36. The zero-order chi connectivity index (χ0) is 14.0. The molecule has 1 fully saturated rings. The Labute approximate surface area is 116 Å². The molecule has 0 aromatic heterocycles. The van der Waals surface area contributed by atoms with Gasteiger partial charge in [0.15, 0.2) is 0 Å². The van der Waals surface area contributed by atoms with Gasteiger partial charge in [-0.25, -0.2) is 0 Å². The van der Waals surface area contributed by atoms with Crippen molar-refractivity contribution in [1.29, 1.82) is 0 Å². The Morgan fingerprint density at radius 2 is 2.05 bits per heavy atom. The minimum absolute atomic E-state index is 0.0749. The highest BCUT2D eigenvalue weighted by atomic mass is 16.5. The molecule has 0 aliphatic carbocycles. The van der Waals surface area contributed by atoms with Crippen LogP contribution in [0.2, 0.25) is 0 Å². The van der Waals surface area contributed by atoms with Crippen LogP contribution in [0.5, 0.6) is 5.75 Å². The number of hydrogen-bond acceptors (Lipinski definition) is 3. The average Bonchev–Trinajstić information content (AvgIpc) is 2.91. The van der Waals surface area contributed by atoms with Gasteiger partial charge in [-0.05, 0) is 61.1 Å². The molecule has 1 aromatic rings. The topological polar surface area (TPSA) is 47.3 Å². The van der Waals surface area contributed by atoms with Crippen molar-refractivity contribution < 1.29 is 4.74 Å². The SMILES string of the molecule is COc1cc(C)c(C(N)C2CCCN2)cc1C(C)C. The molecule has 19 heavy (non-hydrogen) atoms. The van der Waals surface area contributed by atoms with Crippen molar-refractivity contribution in [3.05, 3.63) is 28.8 Å². The molecule has 106 valence electrons. The predicted octanol–water partition coefficient (Wildman–Crippen LogP) is 2.88. The third kappa shape index (κ3) is 2.93. The van der Waals surface area contributed by atoms with Crippen LogP contribution < -0.4 is 15.8 Å². The second-order valence-corrected chi connectivity index (χ2v) is 5.83. The molecule has 1 aliphatic rings. The summed E-state index contributed by atoms with van der Waals surface area (Å²) in [5, 5.41) is 3.50. The lowest BCUT2D eigenvalue weighted by Crippen LogP contribution is -2.34. The summed E-state index contributed by atoms with van der Waals surface area (Å²) >= 11 is 0. The second kappa shape index (κ2) is 5.93. The van der Waals surface area contributed by atoms with Gasteiger partial charge in [0.25, 0.3) is 0 Å². The maximum absolute atomic E-state index is 6.46. The van der Waals surface area contributed by atoms with Gasteiger partial charge in [0.1, 0.15) is 5.75 Å². The summed E-state index contributed by atoms with van der Waals surface area (Å²) in [4.78, 5) is 0. The van der Waals surface area contributed by atoms with E-state index in [4.69, 9.17) is 10.5 Å². The minimum Gasteiger partial charge on any atom is -0.496 e. The molecule has 2 rings (SSSR count). The maximum Gasteiger partial charge on any atom is 0.122 e. The van der Waals surface area contributed by atoms with Gasteiger partial charge in [0, 0.05) is 12.1 Å². The van der Waals surface area contributed by atoms with Crippen molar-refractivity contribution in [3.8, 4) is 5.75 Å². The molecule has 0 saturated carbocycles. The fourth-order valence-electron chi connectivity index (χ4n) is 2.94. The van der Waals surface area contributed by atoms with Crippen molar-refractivity contribution in [2.45, 2.75) is 51.6 Å². The average molecular weight is 262 g/mol. The lowest BCUT2D eigenvalue weighted by atomic mass is 9.90. The summed E-state index contributed by atoms with van der Waals surface area (Å²) < 4.78 is 5.49. The highest BCUT2D eigenvalue weighted by Crippen LogP contribution is 2.33. The van der Waals surface area contributed by atoms with E-state index in [2.05, 4.69) is 38.2 Å². The highest BCUT2D eigenvalue weighted by molar-refractivity contribution is 5.45. The molecule has 3 nitrogen and oxygen atoms in total. The van der Waals surface area contributed by atoms with Crippen LogP contribution in [0.4, 0.5) is 0 Å². The van der Waals surface area contributed by atoms with Crippen LogP contribution in [-0.2, 0) is 0 Å². The zero-order valence-electron chi connectivity index (χ0n) is 12.5. The first kappa shape index (κ1) is 14.4. The molecule has 2 unspecified atom stereocenters. The van der Waals surface area contributed by atoms with Crippen molar-refractivity contribution in [2.24, 2.45) is 5.73 Å². The monoisotopic (exact) mass is 262 g/mol. The number of aryl methyl sites for hydroxylation is 1.